The van der Waals surface area contributed by atoms with E-state index in [4.69, 9.17) is 0 Å². The highest BCUT2D eigenvalue weighted by molar-refractivity contribution is 7.13. The zero-order chi connectivity index (χ0) is 9.97. The summed E-state index contributed by atoms with van der Waals surface area (Å²) in [7, 11) is 0. The molecule has 1 amide bonds. The van der Waals surface area contributed by atoms with E-state index < -0.39 is 0 Å². The highest BCUT2D eigenvalue weighted by Crippen LogP contribution is 2.13. The number of nitrogens with zero attached hydrogens (tertiary/aromatic N) is 2. The zero-order valence-corrected chi connectivity index (χ0v) is 8.26. The first kappa shape index (κ1) is 8.89. The van der Waals surface area contributed by atoms with Gasteiger partial charge in [-0.1, -0.05) is 0 Å². The number of carbonyl (C=O) groups excluding carboxylic acids is 1. The molecule has 0 aliphatic carbocycles. The summed E-state index contributed by atoms with van der Waals surface area (Å²) in [6, 6.07) is 0. The summed E-state index contributed by atoms with van der Waals surface area (Å²) < 4.78 is 0. The normalized spacial score (nSPS) is 10.1. The molecule has 2 rings (SSSR count). The Balaban J connectivity index is 2.10. The van der Waals surface area contributed by atoms with Crippen LogP contribution in [-0.4, -0.2) is 21.1 Å². The molecule has 0 aliphatic heterocycles. The fourth-order valence-corrected chi connectivity index (χ4v) is 1.65. The van der Waals surface area contributed by atoms with Gasteiger partial charge in [0.2, 0.25) is 0 Å². The van der Waals surface area contributed by atoms with Crippen LogP contribution in [0.1, 0.15) is 14.7 Å². The first-order valence-corrected chi connectivity index (χ1v) is 4.80. The lowest BCUT2D eigenvalue weighted by atomic mass is 10.4. The Bertz CT molecular complexity index is 434. The van der Waals surface area contributed by atoms with Crippen molar-refractivity contribution >= 4 is 22.9 Å². The van der Waals surface area contributed by atoms with Crippen LogP contribution in [0.5, 0.6) is 0 Å². The standard InChI is InChI=1S/C8H8N4OS/c1-5-9-4-7(14-5)8(13)12-6-2-10-11-3-6/h2-4H,1H3,(H,10,11)(H,12,13). The largest absolute Gasteiger partial charge is 0.319 e. The van der Waals surface area contributed by atoms with Crippen LogP contribution in [0.3, 0.4) is 0 Å². The zero-order valence-electron chi connectivity index (χ0n) is 7.44. The Morgan fingerprint density at radius 1 is 1.57 bits per heavy atom. The molecule has 2 heterocycles. The number of thiazole rings is 1. The van der Waals surface area contributed by atoms with Crippen LogP contribution in [0.25, 0.3) is 0 Å². The van der Waals surface area contributed by atoms with Crippen LogP contribution in [-0.2, 0) is 0 Å². The van der Waals surface area contributed by atoms with E-state index in [0.717, 1.165) is 5.01 Å². The van der Waals surface area contributed by atoms with Gasteiger partial charge >= 0.3 is 0 Å². The third-order valence-corrected chi connectivity index (χ3v) is 2.51. The third-order valence-electron chi connectivity index (χ3n) is 1.60. The minimum Gasteiger partial charge on any atom is -0.319 e. The number of aromatic amines is 1. The lowest BCUT2D eigenvalue weighted by molar-refractivity contribution is 0.103. The van der Waals surface area contributed by atoms with Crippen molar-refractivity contribution in [3.63, 3.8) is 0 Å². The van der Waals surface area contributed by atoms with E-state index in [0.29, 0.717) is 10.6 Å². The van der Waals surface area contributed by atoms with Gasteiger partial charge in [0.15, 0.2) is 0 Å². The van der Waals surface area contributed by atoms with Crippen molar-refractivity contribution in [1.82, 2.24) is 15.2 Å². The second-order valence-electron chi connectivity index (χ2n) is 2.68. The van der Waals surface area contributed by atoms with E-state index in [2.05, 4.69) is 20.5 Å². The molecule has 0 bridgehead atoms. The smallest absolute Gasteiger partial charge is 0.267 e. The lowest BCUT2D eigenvalue weighted by Crippen LogP contribution is -2.09. The molecule has 6 heteroatoms. The Morgan fingerprint density at radius 2 is 2.43 bits per heavy atom. The molecule has 0 fully saturated rings. The summed E-state index contributed by atoms with van der Waals surface area (Å²) >= 11 is 1.36. The topological polar surface area (TPSA) is 70.7 Å². The van der Waals surface area contributed by atoms with Crippen LogP contribution >= 0.6 is 11.3 Å². The highest BCUT2D eigenvalue weighted by Gasteiger charge is 2.09. The number of H-pyrrole nitrogens is 1. The molecular formula is C8H8N4OS. The molecule has 0 saturated heterocycles. The van der Waals surface area contributed by atoms with Gasteiger partial charge in [-0.05, 0) is 6.92 Å². The van der Waals surface area contributed by atoms with E-state index in [1.54, 1.807) is 18.6 Å². The number of hydrogen-bond acceptors (Lipinski definition) is 4. The Hall–Kier alpha value is -1.69. The second-order valence-corrected chi connectivity index (χ2v) is 3.92. The quantitative estimate of drug-likeness (QED) is 0.784. The predicted molar refractivity (Wildman–Crippen MR) is 53.4 cm³/mol. The summed E-state index contributed by atoms with van der Waals surface area (Å²) in [4.78, 5) is 16.1. The van der Waals surface area contributed by atoms with Gasteiger partial charge in [0.25, 0.3) is 5.91 Å². The molecular weight excluding hydrogens is 200 g/mol. The van der Waals surface area contributed by atoms with E-state index >= 15 is 0 Å². The minimum absolute atomic E-state index is 0.156. The Labute approximate surface area is 84.2 Å². The van der Waals surface area contributed by atoms with Crippen LogP contribution in [0, 0.1) is 6.92 Å². The molecule has 0 spiro atoms. The Morgan fingerprint density at radius 3 is 3.00 bits per heavy atom. The molecule has 0 aromatic carbocycles. The van der Waals surface area contributed by atoms with Crippen molar-refractivity contribution in [3.05, 3.63) is 28.5 Å². The number of rotatable bonds is 2. The van der Waals surface area contributed by atoms with E-state index in [9.17, 15) is 4.79 Å². The molecule has 0 saturated carbocycles. The van der Waals surface area contributed by atoms with Gasteiger partial charge in [-0.3, -0.25) is 9.89 Å². The van der Waals surface area contributed by atoms with Crippen molar-refractivity contribution in [2.45, 2.75) is 6.92 Å². The molecule has 2 N–H and O–H groups in total. The first-order valence-electron chi connectivity index (χ1n) is 3.98. The van der Waals surface area contributed by atoms with E-state index in [-0.39, 0.29) is 5.91 Å². The van der Waals surface area contributed by atoms with Gasteiger partial charge in [0.05, 0.1) is 23.1 Å². The third kappa shape index (κ3) is 1.80. The first-order chi connectivity index (χ1) is 6.75. The van der Waals surface area contributed by atoms with Gasteiger partial charge in [-0.15, -0.1) is 11.3 Å². The van der Waals surface area contributed by atoms with Gasteiger partial charge in [-0.2, -0.15) is 5.10 Å². The molecule has 0 atom stereocenters. The van der Waals surface area contributed by atoms with E-state index in [1.807, 2.05) is 6.92 Å². The van der Waals surface area contributed by atoms with Gasteiger partial charge in [0, 0.05) is 6.20 Å². The molecule has 0 aliphatic rings. The monoisotopic (exact) mass is 208 g/mol. The van der Waals surface area contributed by atoms with Crippen molar-refractivity contribution in [2.75, 3.05) is 5.32 Å². The van der Waals surface area contributed by atoms with Gasteiger partial charge < -0.3 is 5.32 Å². The van der Waals surface area contributed by atoms with Crippen LogP contribution in [0.4, 0.5) is 5.69 Å². The van der Waals surface area contributed by atoms with Crippen LogP contribution in [0.2, 0.25) is 0 Å². The summed E-state index contributed by atoms with van der Waals surface area (Å²) in [6.07, 6.45) is 4.73. The number of carbonyl (C=O) groups is 1. The number of nitrogens with one attached hydrogen (secondary N) is 2. The van der Waals surface area contributed by atoms with Crippen molar-refractivity contribution < 1.29 is 4.79 Å². The number of amides is 1. The van der Waals surface area contributed by atoms with Crippen LogP contribution in [0.15, 0.2) is 18.6 Å². The number of aromatic nitrogens is 3. The highest BCUT2D eigenvalue weighted by atomic mass is 32.1. The summed E-state index contributed by atoms with van der Waals surface area (Å²) in [5.41, 5.74) is 0.654. The lowest BCUT2D eigenvalue weighted by Gasteiger charge is -1.96. The second kappa shape index (κ2) is 3.59. The molecule has 0 unspecified atom stereocenters. The Kier molecular flexibility index (Phi) is 2.28. The van der Waals surface area contributed by atoms with Crippen molar-refractivity contribution in [2.24, 2.45) is 0 Å². The van der Waals surface area contributed by atoms with Crippen LogP contribution < -0.4 is 5.32 Å². The average molecular weight is 208 g/mol. The SMILES string of the molecule is Cc1ncc(C(=O)Nc2cn[nH]c2)s1. The molecule has 72 valence electrons. The van der Waals surface area contributed by atoms with Crippen molar-refractivity contribution in [1.29, 1.82) is 0 Å². The molecule has 2 aromatic rings. The van der Waals surface area contributed by atoms with E-state index in [1.165, 1.54) is 11.3 Å². The van der Waals surface area contributed by atoms with Crippen molar-refractivity contribution in [3.8, 4) is 0 Å². The maximum absolute atomic E-state index is 11.5. The maximum atomic E-state index is 11.5. The molecule has 0 radical (unpaired) electrons. The summed E-state index contributed by atoms with van der Waals surface area (Å²) in [5.74, 6) is -0.156. The number of aryl methyl sites for hydroxylation is 1. The fraction of sp³-hybridized carbons (Fsp3) is 0.125. The van der Waals surface area contributed by atoms with Gasteiger partial charge in [0.1, 0.15) is 4.88 Å². The van der Waals surface area contributed by atoms with Gasteiger partial charge in [-0.25, -0.2) is 4.98 Å². The summed E-state index contributed by atoms with van der Waals surface area (Å²) in [5, 5.41) is 9.90. The number of anilines is 1. The average Bonchev–Trinajstić information content (AvgIpc) is 2.75. The molecule has 2 aromatic heterocycles. The predicted octanol–water partition coefficient (Wildman–Crippen LogP) is 1.43. The fourth-order valence-electron chi connectivity index (χ4n) is 0.978. The summed E-state index contributed by atoms with van der Waals surface area (Å²) in [6.45, 7) is 1.86. The molecule has 5 nitrogen and oxygen atoms in total. The maximum Gasteiger partial charge on any atom is 0.267 e. The molecule has 14 heavy (non-hydrogen) atoms. The number of hydrogen-bond donors (Lipinski definition) is 2. The minimum atomic E-state index is -0.156.